The van der Waals surface area contributed by atoms with Gasteiger partial charge in [0.15, 0.2) is 0 Å². The van der Waals surface area contributed by atoms with Crippen molar-refractivity contribution in [1.82, 2.24) is 19.1 Å². The number of rotatable bonds is 3. The second kappa shape index (κ2) is 5.71. The third-order valence-corrected chi connectivity index (χ3v) is 3.74. The second-order valence-corrected chi connectivity index (χ2v) is 5.23. The van der Waals surface area contributed by atoms with Crippen LogP contribution < -0.4 is 21.9 Å². The molecule has 0 spiro atoms. The summed E-state index contributed by atoms with van der Waals surface area (Å²) in [7, 11) is 1.89. The number of esters is 1. The monoisotopic (exact) mass is 316 g/mol. The lowest BCUT2D eigenvalue weighted by Gasteiger charge is -2.16. The molecule has 0 saturated carbocycles. The first-order valence-corrected chi connectivity index (χ1v) is 7.23. The largest absolute Gasteiger partial charge is 0.462 e. The smallest absolute Gasteiger partial charge is 0.345 e. The van der Waals surface area contributed by atoms with Gasteiger partial charge in [-0.2, -0.15) is 0 Å². The highest BCUT2D eigenvalue weighted by Gasteiger charge is 2.19. The molecule has 2 heterocycles. The number of aromatic nitrogens is 4. The van der Waals surface area contributed by atoms with Gasteiger partial charge in [-0.05, 0) is 19.4 Å². The number of nitrogens with zero attached hydrogens (tertiary/aromatic N) is 3. The standard InChI is InChI=1S/C15H16N4O4/c1-3-23-14(21)10-7-19(15(22)17-13(10)20)9-4-5-12-11(6-9)16-8-18(12)2/h5-9H,3-4H2,1-2H3,(H,17,20,22). The Hall–Kier alpha value is -2.90. The Morgan fingerprint density at radius 2 is 2.26 bits per heavy atom. The van der Waals surface area contributed by atoms with E-state index in [4.69, 9.17) is 4.74 Å². The van der Waals surface area contributed by atoms with Gasteiger partial charge in [-0.15, -0.1) is 0 Å². The van der Waals surface area contributed by atoms with Gasteiger partial charge in [-0.1, -0.05) is 6.08 Å². The Balaban J connectivity index is 2.09. The number of imidazole rings is 1. The van der Waals surface area contributed by atoms with E-state index in [1.54, 1.807) is 13.3 Å². The van der Waals surface area contributed by atoms with Crippen molar-refractivity contribution in [3.63, 3.8) is 0 Å². The van der Waals surface area contributed by atoms with Crippen molar-refractivity contribution < 1.29 is 9.53 Å². The summed E-state index contributed by atoms with van der Waals surface area (Å²) in [6.45, 7) is 1.80. The zero-order valence-electron chi connectivity index (χ0n) is 12.8. The van der Waals surface area contributed by atoms with Gasteiger partial charge in [0.2, 0.25) is 0 Å². The van der Waals surface area contributed by atoms with Crippen LogP contribution in [0.15, 0.2) is 22.1 Å². The molecule has 0 radical (unpaired) electrons. The first-order chi connectivity index (χ1) is 11.0. The van der Waals surface area contributed by atoms with E-state index in [1.807, 2.05) is 23.8 Å². The van der Waals surface area contributed by atoms with Crippen molar-refractivity contribution in [2.75, 3.05) is 6.61 Å². The first kappa shape index (κ1) is 15.0. The highest BCUT2D eigenvalue weighted by molar-refractivity contribution is 5.88. The average molecular weight is 316 g/mol. The zero-order valence-corrected chi connectivity index (χ0v) is 12.8. The van der Waals surface area contributed by atoms with Crippen molar-refractivity contribution in [3.8, 4) is 0 Å². The molecule has 1 atom stereocenters. The summed E-state index contributed by atoms with van der Waals surface area (Å²) in [5.74, 6) is -0.749. The Kier molecular flexibility index (Phi) is 3.73. The number of H-pyrrole nitrogens is 1. The minimum absolute atomic E-state index is 0.151. The molecule has 23 heavy (non-hydrogen) atoms. The molecule has 0 aromatic carbocycles. The van der Waals surface area contributed by atoms with Gasteiger partial charge in [0.05, 0.1) is 29.7 Å². The van der Waals surface area contributed by atoms with E-state index in [9.17, 15) is 14.4 Å². The zero-order chi connectivity index (χ0) is 16.6. The number of ether oxygens (including phenoxy) is 1. The molecule has 1 aliphatic carbocycles. The molecular weight excluding hydrogens is 300 g/mol. The molecule has 0 aliphatic heterocycles. The van der Waals surface area contributed by atoms with Crippen LogP contribution in [0.3, 0.4) is 0 Å². The molecule has 120 valence electrons. The number of aromatic amines is 1. The van der Waals surface area contributed by atoms with Crippen molar-refractivity contribution in [3.05, 3.63) is 49.6 Å². The maximum atomic E-state index is 12.1. The van der Waals surface area contributed by atoms with E-state index < -0.39 is 17.2 Å². The summed E-state index contributed by atoms with van der Waals surface area (Å²) >= 11 is 0. The Labute approximate surface area is 130 Å². The molecule has 0 fully saturated rings. The van der Waals surface area contributed by atoms with Crippen LogP contribution >= 0.6 is 0 Å². The molecule has 1 aliphatic rings. The maximum absolute atomic E-state index is 12.1. The fourth-order valence-electron chi connectivity index (χ4n) is 2.60. The summed E-state index contributed by atoms with van der Waals surface area (Å²) in [6.07, 6.45) is 7.31. The number of nitrogens with one attached hydrogen (secondary N) is 1. The Bertz CT molecular complexity index is 996. The van der Waals surface area contributed by atoms with Gasteiger partial charge < -0.3 is 9.30 Å². The van der Waals surface area contributed by atoms with Crippen LogP contribution in [0.1, 0.15) is 29.7 Å². The summed E-state index contributed by atoms with van der Waals surface area (Å²) in [6, 6.07) is -0.324. The summed E-state index contributed by atoms with van der Waals surface area (Å²) < 4.78 is 8.05. The Morgan fingerprint density at radius 1 is 1.48 bits per heavy atom. The lowest BCUT2D eigenvalue weighted by atomic mass is 10.1. The second-order valence-electron chi connectivity index (χ2n) is 5.23. The van der Waals surface area contributed by atoms with Gasteiger partial charge in [-0.3, -0.25) is 14.3 Å². The number of hydrogen-bond donors (Lipinski definition) is 1. The molecule has 2 aromatic rings. The number of aryl methyl sites for hydroxylation is 1. The first-order valence-electron chi connectivity index (χ1n) is 7.23. The summed E-state index contributed by atoms with van der Waals surface area (Å²) in [5, 5.41) is 1.74. The third kappa shape index (κ3) is 2.63. The molecule has 0 bridgehead atoms. The average Bonchev–Trinajstić information content (AvgIpc) is 2.88. The van der Waals surface area contributed by atoms with E-state index in [0.717, 1.165) is 10.7 Å². The van der Waals surface area contributed by atoms with Gasteiger partial charge in [0, 0.05) is 13.2 Å². The van der Waals surface area contributed by atoms with Crippen molar-refractivity contribution in [2.45, 2.75) is 19.4 Å². The van der Waals surface area contributed by atoms with Crippen molar-refractivity contribution in [2.24, 2.45) is 7.05 Å². The van der Waals surface area contributed by atoms with E-state index >= 15 is 0 Å². The predicted octanol–water partition coefficient (Wildman–Crippen LogP) is -1.35. The molecule has 0 amide bonds. The summed E-state index contributed by atoms with van der Waals surface area (Å²) in [4.78, 5) is 42.1. The van der Waals surface area contributed by atoms with Crippen LogP contribution in [0.25, 0.3) is 12.2 Å². The number of hydrogen-bond acceptors (Lipinski definition) is 5. The minimum Gasteiger partial charge on any atom is -0.462 e. The van der Waals surface area contributed by atoms with Gasteiger partial charge in [0.25, 0.3) is 5.56 Å². The molecule has 3 rings (SSSR count). The normalized spacial score (nSPS) is 16.2. The predicted molar refractivity (Wildman–Crippen MR) is 82.3 cm³/mol. The van der Waals surface area contributed by atoms with Crippen LogP contribution in [0.5, 0.6) is 0 Å². The van der Waals surface area contributed by atoms with Crippen LogP contribution in [0, 0.1) is 0 Å². The fraction of sp³-hybridized carbons (Fsp3) is 0.333. The van der Waals surface area contributed by atoms with Gasteiger partial charge in [-0.25, -0.2) is 14.6 Å². The van der Waals surface area contributed by atoms with E-state index in [1.165, 1.54) is 10.8 Å². The lowest BCUT2D eigenvalue weighted by Crippen LogP contribution is -2.38. The van der Waals surface area contributed by atoms with E-state index in [-0.39, 0.29) is 18.2 Å². The minimum atomic E-state index is -0.749. The van der Waals surface area contributed by atoms with E-state index in [2.05, 4.69) is 9.97 Å². The SMILES string of the molecule is CCOC(=O)c1cn(C2C=c3ncn(C)c3=CC2)c(=O)[nH]c1=O. The topological polar surface area (TPSA) is 99.0 Å². The maximum Gasteiger partial charge on any atom is 0.345 e. The van der Waals surface area contributed by atoms with Crippen LogP contribution in [0.4, 0.5) is 0 Å². The third-order valence-electron chi connectivity index (χ3n) is 3.74. The highest BCUT2D eigenvalue weighted by Crippen LogP contribution is 2.13. The number of carbonyl (C=O) groups is 1. The van der Waals surface area contributed by atoms with Crippen molar-refractivity contribution >= 4 is 18.1 Å². The van der Waals surface area contributed by atoms with Crippen LogP contribution in [0.2, 0.25) is 0 Å². The quantitative estimate of drug-likeness (QED) is 0.706. The molecule has 8 heteroatoms. The molecular formula is C15H16N4O4. The highest BCUT2D eigenvalue weighted by atomic mass is 16.5. The molecule has 0 saturated heterocycles. The van der Waals surface area contributed by atoms with Gasteiger partial charge >= 0.3 is 11.7 Å². The molecule has 1 N–H and O–H groups in total. The van der Waals surface area contributed by atoms with Crippen molar-refractivity contribution in [1.29, 1.82) is 0 Å². The molecule has 8 nitrogen and oxygen atoms in total. The van der Waals surface area contributed by atoms with Gasteiger partial charge in [0.1, 0.15) is 5.56 Å². The fourth-order valence-corrected chi connectivity index (χ4v) is 2.60. The Morgan fingerprint density at radius 3 is 3.00 bits per heavy atom. The van der Waals surface area contributed by atoms with Crippen LogP contribution in [-0.4, -0.2) is 31.7 Å². The van der Waals surface area contributed by atoms with E-state index in [0.29, 0.717) is 6.42 Å². The lowest BCUT2D eigenvalue weighted by molar-refractivity contribution is 0.0523. The summed E-state index contributed by atoms with van der Waals surface area (Å²) in [5.41, 5.74) is -1.51. The van der Waals surface area contributed by atoms with Crippen LogP contribution in [-0.2, 0) is 11.8 Å². The number of carbonyl (C=O) groups excluding carboxylic acids is 1. The molecule has 2 aromatic heterocycles. The molecule has 1 unspecified atom stereocenters. The number of fused-ring (bicyclic) bond motifs is 1.